The van der Waals surface area contributed by atoms with E-state index >= 15 is 0 Å². The molecule has 2 heterocycles. The maximum absolute atomic E-state index is 12.1. The Morgan fingerprint density at radius 1 is 1.48 bits per heavy atom. The molecule has 0 unspecified atom stereocenters. The topological polar surface area (TPSA) is 68.3 Å². The molecule has 0 aromatic carbocycles. The van der Waals surface area contributed by atoms with Crippen molar-refractivity contribution in [1.82, 2.24) is 10.3 Å². The minimum Gasteiger partial charge on any atom is -0.462 e. The average Bonchev–Trinajstić information content (AvgIpc) is 3.14. The molecule has 1 amide bonds. The summed E-state index contributed by atoms with van der Waals surface area (Å²) >= 11 is 1.42. The summed E-state index contributed by atoms with van der Waals surface area (Å²) < 4.78 is 6.14. The molecule has 1 aliphatic rings. The molecule has 2 aromatic rings. The predicted molar refractivity (Wildman–Crippen MR) is 80.4 cm³/mol. The quantitative estimate of drug-likeness (QED) is 0.861. The van der Waals surface area contributed by atoms with Crippen LogP contribution in [0, 0.1) is 6.92 Å². The number of ether oxygens (including phenoxy) is 1. The molecule has 1 aliphatic carbocycles. The Morgan fingerprint density at radius 2 is 2.29 bits per heavy atom. The molecule has 0 aliphatic heterocycles. The number of nitrogens with zero attached hydrogens (tertiary/aromatic N) is 1. The minimum atomic E-state index is -0.244. The highest BCUT2D eigenvalue weighted by molar-refractivity contribution is 7.20. The van der Waals surface area contributed by atoms with Gasteiger partial charge in [-0.2, -0.15) is 0 Å². The lowest BCUT2D eigenvalue weighted by Gasteiger charge is -2.04. The van der Waals surface area contributed by atoms with Crippen molar-refractivity contribution in [3.8, 4) is 0 Å². The lowest BCUT2D eigenvalue weighted by atomic mass is 10.2. The fraction of sp³-hybridized carbons (Fsp3) is 0.400. The summed E-state index contributed by atoms with van der Waals surface area (Å²) in [7, 11) is 0. The highest BCUT2D eigenvalue weighted by atomic mass is 32.1. The number of hydrogen-bond acceptors (Lipinski definition) is 5. The van der Waals surface area contributed by atoms with Gasteiger partial charge in [0, 0.05) is 12.7 Å². The van der Waals surface area contributed by atoms with Crippen molar-refractivity contribution in [2.45, 2.75) is 32.3 Å². The maximum atomic E-state index is 12.1. The highest BCUT2D eigenvalue weighted by Gasteiger charge is 2.25. The predicted octanol–water partition coefficient (Wildman–Crippen LogP) is 2.43. The molecule has 0 atom stereocenters. The molecule has 2 aromatic heterocycles. The summed E-state index contributed by atoms with van der Waals surface area (Å²) in [6.07, 6.45) is 3.99. The Hall–Kier alpha value is -1.95. The van der Waals surface area contributed by atoms with Gasteiger partial charge in [-0.3, -0.25) is 14.6 Å². The molecular formula is C15H16N2O3S. The number of hydrogen-bond donors (Lipinski definition) is 1. The second-order valence-corrected chi connectivity index (χ2v) is 6.20. The number of aryl methyl sites for hydroxylation is 1. The van der Waals surface area contributed by atoms with E-state index in [9.17, 15) is 9.59 Å². The van der Waals surface area contributed by atoms with Crippen LogP contribution in [0.5, 0.6) is 0 Å². The molecule has 0 saturated heterocycles. The number of fused-ring (bicyclic) bond motifs is 1. The third kappa shape index (κ3) is 3.39. The number of nitrogens with one attached hydrogen (secondary N) is 1. The van der Waals surface area contributed by atoms with E-state index in [1.807, 2.05) is 13.0 Å². The Kier molecular flexibility index (Phi) is 3.88. The Labute approximate surface area is 126 Å². The summed E-state index contributed by atoms with van der Waals surface area (Å²) in [5, 5.41) is 2.75. The molecule has 21 heavy (non-hydrogen) atoms. The summed E-state index contributed by atoms with van der Waals surface area (Å²) in [6, 6.07) is 3.71. The number of carbonyl (C=O) groups is 2. The van der Waals surface area contributed by atoms with Gasteiger partial charge in [-0.15, -0.1) is 11.3 Å². The lowest BCUT2D eigenvalue weighted by Crippen LogP contribution is -2.26. The molecule has 3 rings (SSSR count). The summed E-state index contributed by atoms with van der Waals surface area (Å²) in [5.41, 5.74) is 1.94. The molecular weight excluding hydrogens is 288 g/mol. The number of rotatable bonds is 5. The molecule has 1 N–H and O–H groups in total. The van der Waals surface area contributed by atoms with Crippen LogP contribution in [-0.4, -0.2) is 29.5 Å². The number of thiophene rings is 1. The van der Waals surface area contributed by atoms with E-state index < -0.39 is 0 Å². The number of pyridine rings is 1. The van der Waals surface area contributed by atoms with Crippen molar-refractivity contribution < 1.29 is 14.3 Å². The molecule has 0 bridgehead atoms. The van der Waals surface area contributed by atoms with E-state index in [2.05, 4.69) is 10.3 Å². The Bertz CT molecular complexity index is 691. The van der Waals surface area contributed by atoms with E-state index in [1.54, 1.807) is 12.3 Å². The first-order valence-corrected chi connectivity index (χ1v) is 7.78. The Morgan fingerprint density at radius 3 is 3.00 bits per heavy atom. The normalized spacial score (nSPS) is 14.1. The van der Waals surface area contributed by atoms with Crippen molar-refractivity contribution in [2.75, 3.05) is 6.54 Å². The van der Waals surface area contributed by atoms with E-state index in [4.69, 9.17) is 4.74 Å². The zero-order valence-corrected chi connectivity index (χ0v) is 12.5. The fourth-order valence-electron chi connectivity index (χ4n) is 1.97. The van der Waals surface area contributed by atoms with Crippen molar-refractivity contribution in [3.05, 3.63) is 28.8 Å². The number of amides is 1. The van der Waals surface area contributed by atoms with E-state index in [1.165, 1.54) is 11.3 Å². The van der Waals surface area contributed by atoms with Crippen molar-refractivity contribution in [2.24, 2.45) is 0 Å². The summed E-state index contributed by atoms with van der Waals surface area (Å²) in [4.78, 5) is 28.3. The second kappa shape index (κ2) is 5.81. The number of carbonyl (C=O) groups excluding carboxylic acids is 2. The van der Waals surface area contributed by atoms with E-state index in [0.717, 1.165) is 28.6 Å². The average molecular weight is 304 g/mol. The SMILES string of the molecule is Cc1ccnc2cc(C(=O)NCCC(=O)OC3CC3)sc12. The summed E-state index contributed by atoms with van der Waals surface area (Å²) in [6.45, 7) is 2.29. The van der Waals surface area contributed by atoms with E-state index in [0.29, 0.717) is 11.4 Å². The van der Waals surface area contributed by atoms with Gasteiger partial charge in [0.25, 0.3) is 5.91 Å². The molecule has 110 valence electrons. The van der Waals surface area contributed by atoms with Crippen molar-refractivity contribution in [1.29, 1.82) is 0 Å². The van der Waals surface area contributed by atoms with Gasteiger partial charge in [0.1, 0.15) is 6.10 Å². The first-order chi connectivity index (χ1) is 10.1. The first-order valence-electron chi connectivity index (χ1n) is 6.96. The third-order valence-corrected chi connectivity index (χ3v) is 4.53. The zero-order valence-electron chi connectivity index (χ0n) is 11.7. The molecule has 6 heteroatoms. The monoisotopic (exact) mass is 304 g/mol. The maximum Gasteiger partial charge on any atom is 0.307 e. The molecule has 5 nitrogen and oxygen atoms in total. The molecule has 1 saturated carbocycles. The van der Waals surface area contributed by atoms with Gasteiger partial charge >= 0.3 is 5.97 Å². The van der Waals surface area contributed by atoms with Crippen LogP contribution >= 0.6 is 11.3 Å². The lowest BCUT2D eigenvalue weighted by molar-refractivity contribution is -0.144. The van der Waals surface area contributed by atoms with Crippen LogP contribution in [0.25, 0.3) is 10.2 Å². The minimum absolute atomic E-state index is 0.116. The largest absolute Gasteiger partial charge is 0.462 e. The smallest absolute Gasteiger partial charge is 0.307 e. The molecule has 0 spiro atoms. The van der Waals surface area contributed by atoms with Gasteiger partial charge < -0.3 is 10.1 Å². The van der Waals surface area contributed by atoms with E-state index in [-0.39, 0.29) is 24.4 Å². The Balaban J connectivity index is 1.56. The van der Waals surface area contributed by atoms with Gasteiger partial charge in [-0.25, -0.2) is 0 Å². The van der Waals surface area contributed by atoms with Crippen LogP contribution in [0.1, 0.15) is 34.5 Å². The van der Waals surface area contributed by atoms with Crippen molar-refractivity contribution in [3.63, 3.8) is 0 Å². The number of esters is 1. The van der Waals surface area contributed by atoms with Gasteiger partial charge in [-0.1, -0.05) is 0 Å². The second-order valence-electron chi connectivity index (χ2n) is 5.15. The van der Waals surface area contributed by atoms with Crippen LogP contribution in [0.4, 0.5) is 0 Å². The zero-order chi connectivity index (χ0) is 14.8. The van der Waals surface area contributed by atoms with Crippen LogP contribution in [0.15, 0.2) is 18.3 Å². The standard InChI is InChI=1S/C15H16N2O3S/c1-9-4-6-16-11-8-12(21-14(9)11)15(19)17-7-5-13(18)20-10-2-3-10/h4,6,8,10H,2-3,5,7H2,1H3,(H,17,19). The van der Waals surface area contributed by atoms with Crippen LogP contribution in [0.3, 0.4) is 0 Å². The fourth-order valence-corrected chi connectivity index (χ4v) is 2.97. The van der Waals surface area contributed by atoms with Crippen LogP contribution in [0.2, 0.25) is 0 Å². The highest BCUT2D eigenvalue weighted by Crippen LogP contribution is 2.26. The van der Waals surface area contributed by atoms with Gasteiger partial charge in [0.15, 0.2) is 0 Å². The first kappa shape index (κ1) is 14.0. The van der Waals surface area contributed by atoms with Crippen molar-refractivity contribution >= 4 is 33.4 Å². The van der Waals surface area contributed by atoms with Gasteiger partial charge in [0.2, 0.25) is 0 Å². The van der Waals surface area contributed by atoms with Crippen LogP contribution < -0.4 is 5.32 Å². The molecule has 1 fully saturated rings. The number of aromatic nitrogens is 1. The van der Waals surface area contributed by atoms with Crippen LogP contribution in [-0.2, 0) is 9.53 Å². The molecule has 0 radical (unpaired) electrons. The summed E-state index contributed by atoms with van der Waals surface area (Å²) in [5.74, 6) is -0.414. The van der Waals surface area contributed by atoms with Gasteiger partial charge in [-0.05, 0) is 37.5 Å². The van der Waals surface area contributed by atoms with Gasteiger partial charge in [0.05, 0.1) is 21.5 Å². The third-order valence-electron chi connectivity index (χ3n) is 3.27.